The maximum absolute atomic E-state index is 13.3. The van der Waals surface area contributed by atoms with Crippen molar-refractivity contribution in [1.82, 2.24) is 20.6 Å². The summed E-state index contributed by atoms with van der Waals surface area (Å²) in [6.45, 7) is 7.42. The third-order valence-corrected chi connectivity index (χ3v) is 4.34. The lowest BCUT2D eigenvalue weighted by Gasteiger charge is -2.13. The number of hydrogen-bond acceptors (Lipinski definition) is 3. The van der Waals surface area contributed by atoms with Crippen molar-refractivity contribution in [3.63, 3.8) is 0 Å². The van der Waals surface area contributed by atoms with Crippen LogP contribution < -0.4 is 10.6 Å². The molecule has 3 rings (SSSR count). The molecule has 0 fully saturated rings. The topological polar surface area (TPSA) is 78.2 Å². The second-order valence-corrected chi connectivity index (χ2v) is 7.47. The molecule has 3 aromatic rings. The number of rotatable bonds is 5. The summed E-state index contributed by atoms with van der Waals surface area (Å²) < 4.78 is 19.0. The van der Waals surface area contributed by atoms with Gasteiger partial charge in [-0.05, 0) is 30.2 Å². The number of hydrogen-bond donors (Lipinski definition) is 3. The van der Waals surface area contributed by atoms with E-state index in [9.17, 15) is 4.39 Å². The highest BCUT2D eigenvalue weighted by Crippen LogP contribution is 2.22. The Morgan fingerprint density at radius 1 is 1.29 bits per heavy atom. The van der Waals surface area contributed by atoms with E-state index < -0.39 is 0 Å². The van der Waals surface area contributed by atoms with Gasteiger partial charge in [0, 0.05) is 36.1 Å². The zero-order valence-electron chi connectivity index (χ0n) is 16.6. The van der Waals surface area contributed by atoms with Crippen LogP contribution >= 0.6 is 24.0 Å². The van der Waals surface area contributed by atoms with Crippen LogP contribution in [0, 0.1) is 5.82 Å². The molecule has 0 saturated heterocycles. The van der Waals surface area contributed by atoms with Gasteiger partial charge in [0.25, 0.3) is 0 Å². The van der Waals surface area contributed by atoms with Crippen LogP contribution in [0.1, 0.15) is 38.0 Å². The fourth-order valence-corrected chi connectivity index (χ4v) is 2.80. The fourth-order valence-electron chi connectivity index (χ4n) is 2.80. The standard InChI is InChI=1S/C20H26FN5O.HI/c1-20(2,3)17-11-25-18(27-17)12-26-19(22-4)23-8-7-13-10-24-16-9-14(21)5-6-15(13)16;/h5-6,9-11,24H,7-8,12H2,1-4H3,(H2,22,23,26);1H. The van der Waals surface area contributed by atoms with Crippen LogP contribution in [0.3, 0.4) is 0 Å². The molecule has 0 unspecified atom stereocenters. The Labute approximate surface area is 181 Å². The van der Waals surface area contributed by atoms with Gasteiger partial charge in [0.05, 0.1) is 12.7 Å². The zero-order chi connectivity index (χ0) is 19.4. The molecule has 0 radical (unpaired) electrons. The number of nitrogens with one attached hydrogen (secondary N) is 3. The van der Waals surface area contributed by atoms with Crippen molar-refractivity contribution in [2.75, 3.05) is 13.6 Å². The molecule has 1 aromatic carbocycles. The van der Waals surface area contributed by atoms with Crippen molar-refractivity contribution >= 4 is 40.8 Å². The Balaban J connectivity index is 0.00000280. The zero-order valence-corrected chi connectivity index (χ0v) is 18.9. The van der Waals surface area contributed by atoms with E-state index in [4.69, 9.17) is 4.42 Å². The van der Waals surface area contributed by atoms with Crippen molar-refractivity contribution in [3.05, 3.63) is 53.6 Å². The number of fused-ring (bicyclic) bond motifs is 1. The largest absolute Gasteiger partial charge is 0.443 e. The second kappa shape index (κ2) is 9.40. The normalized spacial score (nSPS) is 12.1. The molecule has 0 amide bonds. The molecule has 0 aliphatic rings. The van der Waals surface area contributed by atoms with Crippen LogP contribution in [-0.4, -0.2) is 29.5 Å². The first-order chi connectivity index (χ1) is 12.9. The molecule has 2 aromatic heterocycles. The summed E-state index contributed by atoms with van der Waals surface area (Å²) in [7, 11) is 1.72. The van der Waals surface area contributed by atoms with Crippen LogP contribution in [0.4, 0.5) is 4.39 Å². The van der Waals surface area contributed by atoms with Crippen molar-refractivity contribution in [2.45, 2.75) is 39.2 Å². The molecular formula is C20H27FIN5O. The number of aromatic amines is 1. The summed E-state index contributed by atoms with van der Waals surface area (Å²) >= 11 is 0. The minimum atomic E-state index is -0.236. The average Bonchev–Trinajstić information content (AvgIpc) is 3.24. The number of aliphatic imine (C=N–C) groups is 1. The van der Waals surface area contributed by atoms with Gasteiger partial charge in [0.1, 0.15) is 11.6 Å². The van der Waals surface area contributed by atoms with E-state index in [0.29, 0.717) is 24.9 Å². The molecule has 0 aliphatic heterocycles. The van der Waals surface area contributed by atoms with Gasteiger partial charge in [0.2, 0.25) is 5.89 Å². The smallest absolute Gasteiger partial charge is 0.213 e. The van der Waals surface area contributed by atoms with Gasteiger partial charge in [0.15, 0.2) is 5.96 Å². The first kappa shape index (κ1) is 22.2. The summed E-state index contributed by atoms with van der Waals surface area (Å²) in [4.78, 5) is 11.6. The van der Waals surface area contributed by atoms with Crippen LogP contribution in [0.5, 0.6) is 0 Å². The summed E-state index contributed by atoms with van der Waals surface area (Å²) in [5.74, 6) is 1.93. The number of guanidine groups is 1. The van der Waals surface area contributed by atoms with Crippen LogP contribution in [0.2, 0.25) is 0 Å². The molecular weight excluding hydrogens is 472 g/mol. The van der Waals surface area contributed by atoms with Gasteiger partial charge >= 0.3 is 0 Å². The fraction of sp³-hybridized carbons (Fsp3) is 0.400. The molecule has 8 heteroatoms. The molecule has 0 atom stereocenters. The first-order valence-electron chi connectivity index (χ1n) is 9.02. The number of nitrogens with zero attached hydrogens (tertiary/aromatic N) is 2. The maximum Gasteiger partial charge on any atom is 0.213 e. The lowest BCUT2D eigenvalue weighted by molar-refractivity contribution is 0.379. The average molecular weight is 499 g/mol. The monoisotopic (exact) mass is 499 g/mol. The highest BCUT2D eigenvalue weighted by molar-refractivity contribution is 14.0. The van der Waals surface area contributed by atoms with E-state index in [-0.39, 0.29) is 35.2 Å². The molecule has 0 spiro atoms. The van der Waals surface area contributed by atoms with E-state index in [0.717, 1.165) is 28.6 Å². The number of H-pyrrole nitrogens is 1. The Morgan fingerprint density at radius 2 is 2.07 bits per heavy atom. The summed E-state index contributed by atoms with van der Waals surface area (Å²) in [6.07, 6.45) is 4.48. The molecule has 152 valence electrons. The minimum absolute atomic E-state index is 0. The lowest BCUT2D eigenvalue weighted by Crippen LogP contribution is -2.37. The minimum Gasteiger partial charge on any atom is -0.443 e. The second-order valence-electron chi connectivity index (χ2n) is 7.47. The van der Waals surface area contributed by atoms with Crippen molar-refractivity contribution in [3.8, 4) is 0 Å². The Kier molecular flexibility index (Phi) is 7.45. The van der Waals surface area contributed by atoms with Crippen molar-refractivity contribution in [1.29, 1.82) is 0 Å². The van der Waals surface area contributed by atoms with E-state index in [1.165, 1.54) is 12.1 Å². The molecule has 28 heavy (non-hydrogen) atoms. The predicted molar refractivity (Wildman–Crippen MR) is 121 cm³/mol. The Morgan fingerprint density at radius 3 is 2.75 bits per heavy atom. The number of oxazole rings is 1. The summed E-state index contributed by atoms with van der Waals surface area (Å²) in [6, 6.07) is 4.80. The lowest BCUT2D eigenvalue weighted by atomic mass is 9.94. The van der Waals surface area contributed by atoms with Gasteiger partial charge in [-0.2, -0.15) is 0 Å². The summed E-state index contributed by atoms with van der Waals surface area (Å²) in [5, 5.41) is 7.51. The number of aromatic nitrogens is 2. The molecule has 2 heterocycles. The van der Waals surface area contributed by atoms with E-state index in [1.807, 2.05) is 6.20 Å². The van der Waals surface area contributed by atoms with Crippen molar-refractivity contribution in [2.24, 2.45) is 4.99 Å². The Hall–Kier alpha value is -2.10. The third-order valence-electron chi connectivity index (χ3n) is 4.34. The van der Waals surface area contributed by atoms with E-state index in [2.05, 4.69) is 46.4 Å². The first-order valence-corrected chi connectivity index (χ1v) is 9.02. The highest BCUT2D eigenvalue weighted by atomic mass is 127. The van der Waals surface area contributed by atoms with Crippen molar-refractivity contribution < 1.29 is 8.81 Å². The molecule has 0 aliphatic carbocycles. The summed E-state index contributed by atoms with van der Waals surface area (Å²) in [5.41, 5.74) is 1.88. The highest BCUT2D eigenvalue weighted by Gasteiger charge is 2.19. The van der Waals surface area contributed by atoms with Crippen LogP contribution in [0.15, 0.2) is 40.0 Å². The molecule has 6 nitrogen and oxygen atoms in total. The van der Waals surface area contributed by atoms with Crippen LogP contribution in [0.25, 0.3) is 10.9 Å². The van der Waals surface area contributed by atoms with Gasteiger partial charge in [-0.15, -0.1) is 24.0 Å². The maximum atomic E-state index is 13.3. The van der Waals surface area contributed by atoms with E-state index in [1.54, 1.807) is 19.3 Å². The van der Waals surface area contributed by atoms with Gasteiger partial charge < -0.3 is 20.0 Å². The predicted octanol–water partition coefficient (Wildman–Crippen LogP) is 4.12. The molecule has 3 N–H and O–H groups in total. The quantitative estimate of drug-likeness (QED) is 0.281. The van der Waals surface area contributed by atoms with Gasteiger partial charge in [-0.1, -0.05) is 20.8 Å². The van der Waals surface area contributed by atoms with Crippen LogP contribution in [-0.2, 0) is 18.4 Å². The number of benzene rings is 1. The SMILES string of the molecule is CN=C(NCCc1c[nH]c2cc(F)ccc12)NCc1ncc(C(C)(C)C)o1.I. The van der Waals surface area contributed by atoms with E-state index >= 15 is 0 Å². The molecule has 0 saturated carbocycles. The Bertz CT molecular complexity index is 942. The van der Waals surface area contributed by atoms with Gasteiger partial charge in [-0.3, -0.25) is 4.99 Å². The third kappa shape index (κ3) is 5.46. The molecule has 0 bridgehead atoms. The number of halogens is 2. The van der Waals surface area contributed by atoms with Gasteiger partial charge in [-0.25, -0.2) is 9.37 Å².